The molecule has 4 N–H and O–H groups in total. The van der Waals surface area contributed by atoms with E-state index in [4.69, 9.17) is 21.1 Å². The Hall–Kier alpha value is -3.89. The predicted octanol–water partition coefficient (Wildman–Crippen LogP) is 5.87. The van der Waals surface area contributed by atoms with E-state index in [2.05, 4.69) is 26.0 Å². The highest BCUT2D eigenvalue weighted by atomic mass is 35.5. The Labute approximate surface area is 307 Å². The van der Waals surface area contributed by atoms with Crippen LogP contribution >= 0.6 is 11.6 Å². The summed E-state index contributed by atoms with van der Waals surface area (Å²) in [7, 11) is 3.59. The fourth-order valence-electron chi connectivity index (χ4n) is 4.20. The van der Waals surface area contributed by atoms with Gasteiger partial charge in [0.2, 0.25) is 0 Å². The number of nitrogens with one attached hydrogen (secondary N) is 4. The van der Waals surface area contributed by atoms with E-state index in [9.17, 15) is 29.3 Å². The van der Waals surface area contributed by atoms with Gasteiger partial charge in [-0.2, -0.15) is 0 Å². The van der Waals surface area contributed by atoms with Crippen molar-refractivity contribution in [1.29, 1.82) is 0 Å². The summed E-state index contributed by atoms with van der Waals surface area (Å²) in [6.07, 6.45) is 6.76. The second-order valence-corrected chi connectivity index (χ2v) is 13.9. The van der Waals surface area contributed by atoms with Crippen molar-refractivity contribution >= 4 is 40.9 Å². The fourth-order valence-corrected chi connectivity index (χ4v) is 4.29. The number of nitro benzene ring substituents is 1. The molecule has 2 fully saturated rings. The first-order valence-corrected chi connectivity index (χ1v) is 17.6. The largest absolute Gasteiger partial charge is 0.444 e. The third-order valence-corrected chi connectivity index (χ3v) is 6.64. The highest BCUT2D eigenvalue weighted by Gasteiger charge is 2.20. The highest BCUT2D eigenvalue weighted by Crippen LogP contribution is 2.18. The van der Waals surface area contributed by atoms with E-state index in [1.807, 2.05) is 53.5 Å². The van der Waals surface area contributed by atoms with Gasteiger partial charge in [0.05, 0.1) is 4.92 Å². The molecule has 0 saturated carbocycles. The van der Waals surface area contributed by atoms with E-state index in [1.54, 1.807) is 11.9 Å². The smallest absolute Gasteiger partial charge is 0.409 e. The molecule has 2 aliphatic heterocycles. The number of benzene rings is 1. The molecule has 0 aromatic heterocycles. The number of rotatable bonds is 8. The van der Waals surface area contributed by atoms with Crippen LogP contribution in [-0.2, 0) is 9.47 Å². The van der Waals surface area contributed by atoms with Gasteiger partial charge in [-0.15, -0.1) is 0 Å². The molecule has 4 amide bonds. The number of carbonyl (C=O) groups is 4. The van der Waals surface area contributed by atoms with Gasteiger partial charge in [0, 0.05) is 70.0 Å². The topological polar surface area (TPSA) is 194 Å². The second kappa shape index (κ2) is 26.0. The number of hydrogen-bond donors (Lipinski definition) is 4. The molecule has 3 rings (SSSR count). The molecule has 292 valence electrons. The molecular weight excluding hydrogens is 686 g/mol. The molecule has 2 heterocycles. The van der Waals surface area contributed by atoms with Crippen LogP contribution in [0.2, 0.25) is 0 Å². The average Bonchev–Trinajstić information content (AvgIpc) is 3.05. The first-order chi connectivity index (χ1) is 23.8. The van der Waals surface area contributed by atoms with Gasteiger partial charge in [0.25, 0.3) is 5.69 Å². The summed E-state index contributed by atoms with van der Waals surface area (Å²) in [6, 6.07) is 5.05. The van der Waals surface area contributed by atoms with Crippen molar-refractivity contribution in [2.75, 3.05) is 66.5 Å². The lowest BCUT2D eigenvalue weighted by Crippen LogP contribution is -2.46. The maximum Gasteiger partial charge on any atom is 0.409 e. The number of hydrogen-bond acceptors (Lipinski definition) is 11. The Balaban J connectivity index is 0.000000701. The Kier molecular flexibility index (Phi) is 24.0. The van der Waals surface area contributed by atoms with E-state index in [1.165, 1.54) is 63.0 Å². The first kappa shape index (κ1) is 47.1. The second-order valence-electron chi connectivity index (χ2n) is 13.6. The lowest BCUT2D eigenvalue weighted by atomic mass is 10.1. The molecule has 51 heavy (non-hydrogen) atoms. The van der Waals surface area contributed by atoms with Gasteiger partial charge in [-0.25, -0.2) is 19.2 Å². The highest BCUT2D eigenvalue weighted by molar-refractivity contribution is 6.61. The summed E-state index contributed by atoms with van der Waals surface area (Å²) in [5, 5.41) is 21.7. The van der Waals surface area contributed by atoms with Gasteiger partial charge in [-0.1, -0.05) is 6.42 Å². The third-order valence-electron chi connectivity index (χ3n) is 6.56. The number of carbonyl (C=O) groups excluding carboxylic acids is 4. The van der Waals surface area contributed by atoms with Crippen LogP contribution < -0.4 is 26.0 Å². The number of non-ortho nitro benzene ring substituents is 1. The average molecular weight is 746 g/mol. The van der Waals surface area contributed by atoms with Gasteiger partial charge in [-0.3, -0.25) is 10.1 Å². The van der Waals surface area contributed by atoms with Crippen molar-refractivity contribution < 1.29 is 38.3 Å². The Morgan fingerprint density at radius 2 is 1.33 bits per heavy atom. The number of ether oxygens (including phenoxy) is 3. The van der Waals surface area contributed by atoms with E-state index in [0.717, 1.165) is 32.5 Å². The maximum absolute atomic E-state index is 12.1. The number of nitrogens with zero attached hydrogens (tertiary/aromatic N) is 3. The summed E-state index contributed by atoms with van der Waals surface area (Å²) < 4.78 is 14.6. The predicted molar refractivity (Wildman–Crippen MR) is 198 cm³/mol. The van der Waals surface area contributed by atoms with E-state index < -0.39 is 27.6 Å². The van der Waals surface area contributed by atoms with Crippen molar-refractivity contribution in [3.8, 4) is 5.75 Å². The molecule has 0 unspecified atom stereocenters. The third kappa shape index (κ3) is 27.5. The number of alkyl carbamates (subject to hydrolysis) is 2. The zero-order valence-corrected chi connectivity index (χ0v) is 32.4. The van der Waals surface area contributed by atoms with Gasteiger partial charge >= 0.3 is 23.6 Å². The van der Waals surface area contributed by atoms with Crippen molar-refractivity contribution in [3.63, 3.8) is 0 Å². The van der Waals surface area contributed by atoms with Crippen LogP contribution in [0.4, 0.5) is 24.9 Å². The molecular formula is C34H60ClN7O9. The lowest BCUT2D eigenvalue weighted by molar-refractivity contribution is -0.384. The number of halogens is 1. The summed E-state index contributed by atoms with van der Waals surface area (Å²) in [6.45, 7) is 17.4. The van der Waals surface area contributed by atoms with Crippen LogP contribution in [0.1, 0.15) is 80.1 Å². The van der Waals surface area contributed by atoms with Crippen LogP contribution in [0.25, 0.3) is 0 Å². The molecule has 1 aromatic rings. The Morgan fingerprint density at radius 1 is 0.843 bits per heavy atom. The van der Waals surface area contributed by atoms with Gasteiger partial charge < -0.3 is 45.3 Å². The van der Waals surface area contributed by atoms with E-state index >= 15 is 0 Å². The molecule has 2 aliphatic rings. The maximum atomic E-state index is 12.1. The Bertz CT molecular complexity index is 1150. The molecule has 0 radical (unpaired) electrons. The Morgan fingerprint density at radius 3 is 1.73 bits per heavy atom. The number of piperidine rings is 2. The molecule has 0 bridgehead atoms. The first-order valence-electron chi connectivity index (χ1n) is 17.3. The molecule has 2 saturated heterocycles. The normalized spacial score (nSPS) is 13.9. The minimum absolute atomic E-state index is 0.0377. The molecule has 1 aromatic carbocycles. The zero-order chi connectivity index (χ0) is 38.9. The lowest BCUT2D eigenvalue weighted by Gasteiger charge is -2.31. The fraction of sp³-hybridized carbons (Fsp3) is 0.706. The minimum atomic E-state index is -0.978. The van der Waals surface area contributed by atoms with Crippen LogP contribution in [0.15, 0.2) is 24.3 Å². The minimum Gasteiger partial charge on any atom is -0.444 e. The van der Waals surface area contributed by atoms with Crippen molar-refractivity contribution in [3.05, 3.63) is 34.4 Å². The van der Waals surface area contributed by atoms with Crippen LogP contribution in [-0.4, -0.2) is 116 Å². The van der Waals surface area contributed by atoms with Crippen LogP contribution in [0, 0.1) is 10.1 Å². The summed E-state index contributed by atoms with van der Waals surface area (Å²) >= 11 is 4.92. The molecule has 16 nitrogen and oxygen atoms in total. The molecule has 0 spiro atoms. The zero-order valence-electron chi connectivity index (χ0n) is 31.6. The standard InChI is InChI=1S/C14H27N3O3.C8H18N2O2.C7H4ClNO4.C5H11N/c1-14(2,3)20-12(18)15-8-11-16(4)13(19)17-9-6-5-7-10-17;1-8(2,3)12-7(11)10-6-5-9-4;8-7(10)13-6-3-1-5(2-4-6)9(11)12;1-2-4-6-5-3-1/h5-11H2,1-4H3,(H,15,18);9H,5-6H2,1-4H3,(H,10,11);1-4H;6H,1-5H2. The molecule has 0 aliphatic carbocycles. The van der Waals surface area contributed by atoms with Crippen LogP contribution in [0.3, 0.4) is 0 Å². The monoisotopic (exact) mass is 745 g/mol. The van der Waals surface area contributed by atoms with E-state index in [0.29, 0.717) is 19.6 Å². The van der Waals surface area contributed by atoms with Crippen molar-refractivity contribution in [1.82, 2.24) is 31.1 Å². The number of likely N-dealkylation sites (N-methyl/N-ethyl adjacent to an activating group) is 2. The summed E-state index contributed by atoms with van der Waals surface area (Å²) in [5.74, 6) is 0.172. The molecule has 17 heteroatoms. The van der Waals surface area contributed by atoms with Crippen molar-refractivity contribution in [2.45, 2.75) is 91.3 Å². The van der Waals surface area contributed by atoms with Crippen molar-refractivity contribution in [2.24, 2.45) is 0 Å². The number of nitro groups is 1. The van der Waals surface area contributed by atoms with Gasteiger partial charge in [0.1, 0.15) is 17.0 Å². The van der Waals surface area contributed by atoms with E-state index in [-0.39, 0.29) is 23.6 Å². The summed E-state index contributed by atoms with van der Waals surface area (Å²) in [4.78, 5) is 58.0. The van der Waals surface area contributed by atoms with Gasteiger partial charge in [-0.05, 0) is 106 Å². The number of amides is 4. The molecule has 0 atom stereocenters. The van der Waals surface area contributed by atoms with Gasteiger partial charge in [0.15, 0.2) is 0 Å². The number of likely N-dealkylation sites (tertiary alicyclic amines) is 1. The van der Waals surface area contributed by atoms with Crippen LogP contribution in [0.5, 0.6) is 5.75 Å². The number of urea groups is 1. The SMILES string of the molecule is C1CCNCC1.CN(CCNC(=O)OC(C)(C)C)C(=O)N1CCCCC1.CNCCNC(=O)OC(C)(C)C.O=C(Cl)Oc1ccc([N+](=O)[O-])cc1. The quantitative estimate of drug-likeness (QED) is 0.108. The summed E-state index contributed by atoms with van der Waals surface area (Å²) in [5.41, 5.74) is -1.97.